The fraction of sp³-hybridized carbons (Fsp3) is 0.273. The predicted octanol–water partition coefficient (Wildman–Crippen LogP) is -0.279. The van der Waals surface area contributed by atoms with Crippen LogP contribution in [0.1, 0.15) is 5.56 Å². The molecule has 0 spiro atoms. The molecule has 0 fully saturated rings. The summed E-state index contributed by atoms with van der Waals surface area (Å²) in [6, 6.07) is 6.63. The summed E-state index contributed by atoms with van der Waals surface area (Å²) >= 11 is 0. The van der Waals surface area contributed by atoms with Crippen LogP contribution in [-0.4, -0.2) is 35.1 Å². The molecule has 0 saturated heterocycles. The number of carbonyl (C=O) groups excluding carboxylic acids is 2. The van der Waals surface area contributed by atoms with Crippen molar-refractivity contribution in [3.05, 3.63) is 29.8 Å². The third kappa shape index (κ3) is 3.80. The fourth-order valence-electron chi connectivity index (χ4n) is 1.19. The van der Waals surface area contributed by atoms with Gasteiger partial charge in [0.2, 0.25) is 5.91 Å². The zero-order valence-electron chi connectivity index (χ0n) is 8.64. The Morgan fingerprint density at radius 1 is 1.06 bits per heavy atom. The van der Waals surface area contributed by atoms with Crippen LogP contribution >= 0.6 is 0 Å². The first-order chi connectivity index (χ1) is 7.65. The first-order valence-electron chi connectivity index (χ1n) is 4.78. The Hall–Kier alpha value is -1.72. The highest BCUT2D eigenvalue weighted by atomic mass is 16.3. The Morgan fingerprint density at radius 2 is 1.69 bits per heavy atom. The zero-order chi connectivity index (χ0) is 12.0. The van der Waals surface area contributed by atoms with Crippen LogP contribution in [0.15, 0.2) is 24.3 Å². The number of aliphatic hydroxyl groups excluding tert-OH is 2. The van der Waals surface area contributed by atoms with Gasteiger partial charge in [-0.1, -0.05) is 12.1 Å². The van der Waals surface area contributed by atoms with Gasteiger partial charge in [-0.15, -0.1) is 0 Å². The summed E-state index contributed by atoms with van der Waals surface area (Å²) < 4.78 is 0. The van der Waals surface area contributed by atoms with Gasteiger partial charge in [0.1, 0.15) is 13.2 Å². The molecule has 0 unspecified atom stereocenters. The Kier molecular flexibility index (Phi) is 4.63. The highest BCUT2D eigenvalue weighted by molar-refractivity contribution is 5.91. The van der Waals surface area contributed by atoms with Gasteiger partial charge >= 0.3 is 0 Å². The van der Waals surface area contributed by atoms with Crippen molar-refractivity contribution in [1.82, 2.24) is 0 Å². The number of hydrogen-bond acceptors (Lipinski definition) is 4. The van der Waals surface area contributed by atoms with E-state index in [1.165, 1.54) is 0 Å². The first-order valence-corrected chi connectivity index (χ1v) is 4.78. The largest absolute Gasteiger partial charge is 0.389 e. The maximum Gasteiger partial charge on any atom is 0.250 e. The molecule has 5 nitrogen and oxygen atoms in total. The predicted molar refractivity (Wildman–Crippen MR) is 58.0 cm³/mol. The minimum absolute atomic E-state index is 0.171. The van der Waals surface area contributed by atoms with E-state index < -0.39 is 19.1 Å². The summed E-state index contributed by atoms with van der Waals surface area (Å²) in [5.41, 5.74) is 1.32. The van der Waals surface area contributed by atoms with Gasteiger partial charge in [0.05, 0.1) is 0 Å². The van der Waals surface area contributed by atoms with E-state index in [1.54, 1.807) is 24.3 Å². The molecule has 0 aromatic heterocycles. The van der Waals surface area contributed by atoms with E-state index in [9.17, 15) is 9.59 Å². The number of nitrogens with one attached hydrogen (secondary N) is 1. The van der Waals surface area contributed by atoms with Crippen molar-refractivity contribution in [2.24, 2.45) is 0 Å². The molecule has 1 amide bonds. The SMILES string of the molecule is O=C(CO)Cc1ccc(NC(=O)CO)cc1. The van der Waals surface area contributed by atoms with Crippen molar-refractivity contribution < 1.29 is 19.8 Å². The molecule has 5 heteroatoms. The van der Waals surface area contributed by atoms with Gasteiger partial charge in [0, 0.05) is 12.1 Å². The summed E-state index contributed by atoms with van der Waals surface area (Å²) in [5.74, 6) is -0.744. The van der Waals surface area contributed by atoms with Crippen LogP contribution < -0.4 is 5.32 Å². The maximum atomic E-state index is 10.9. The Bertz CT molecular complexity index is 335. The number of rotatable bonds is 5. The normalized spacial score (nSPS) is 9.88. The molecule has 0 bridgehead atoms. The van der Waals surface area contributed by atoms with E-state index in [1.807, 2.05) is 0 Å². The molecule has 0 aliphatic carbocycles. The maximum absolute atomic E-state index is 10.9. The number of benzene rings is 1. The van der Waals surface area contributed by atoms with Crippen LogP contribution in [0, 0.1) is 0 Å². The molecule has 1 rings (SSSR count). The van der Waals surface area contributed by atoms with Gasteiger partial charge in [0.25, 0.3) is 0 Å². The Labute approximate surface area is 92.7 Å². The average Bonchev–Trinajstić information content (AvgIpc) is 2.31. The van der Waals surface area contributed by atoms with Gasteiger partial charge in [-0.3, -0.25) is 9.59 Å². The average molecular weight is 223 g/mol. The molecule has 1 aromatic carbocycles. The number of aliphatic hydroxyl groups is 2. The molecule has 0 heterocycles. The molecule has 0 aliphatic rings. The number of carbonyl (C=O) groups is 2. The Balaban J connectivity index is 2.60. The standard InChI is InChI=1S/C11H13NO4/c13-6-10(15)5-8-1-3-9(4-2-8)12-11(16)7-14/h1-4,13-14H,5-7H2,(H,12,16). The fourth-order valence-corrected chi connectivity index (χ4v) is 1.19. The summed E-state index contributed by atoms with van der Waals surface area (Å²) in [7, 11) is 0. The third-order valence-corrected chi connectivity index (χ3v) is 1.96. The van der Waals surface area contributed by atoms with Crippen molar-refractivity contribution in [2.75, 3.05) is 18.5 Å². The van der Waals surface area contributed by atoms with Crippen LogP contribution in [0.5, 0.6) is 0 Å². The molecule has 16 heavy (non-hydrogen) atoms. The van der Waals surface area contributed by atoms with Crippen LogP contribution in [0.3, 0.4) is 0 Å². The monoisotopic (exact) mass is 223 g/mol. The smallest absolute Gasteiger partial charge is 0.250 e. The lowest BCUT2D eigenvalue weighted by Gasteiger charge is -2.04. The van der Waals surface area contributed by atoms with E-state index in [4.69, 9.17) is 10.2 Å². The Morgan fingerprint density at radius 3 is 2.19 bits per heavy atom. The van der Waals surface area contributed by atoms with Crippen LogP contribution in [0.25, 0.3) is 0 Å². The van der Waals surface area contributed by atoms with Crippen molar-refractivity contribution in [3.8, 4) is 0 Å². The summed E-state index contributed by atoms with van der Waals surface area (Å²) in [4.78, 5) is 21.8. The van der Waals surface area contributed by atoms with E-state index in [2.05, 4.69) is 5.32 Å². The van der Waals surface area contributed by atoms with Crippen LogP contribution in [-0.2, 0) is 16.0 Å². The van der Waals surface area contributed by atoms with Crippen molar-refractivity contribution in [3.63, 3.8) is 0 Å². The van der Waals surface area contributed by atoms with Crippen molar-refractivity contribution in [2.45, 2.75) is 6.42 Å². The second-order valence-electron chi connectivity index (χ2n) is 3.28. The van der Waals surface area contributed by atoms with Crippen LogP contribution in [0.2, 0.25) is 0 Å². The first kappa shape index (κ1) is 12.4. The summed E-state index contributed by atoms with van der Waals surface area (Å²) in [6.07, 6.45) is 0.171. The second-order valence-corrected chi connectivity index (χ2v) is 3.28. The molecule has 0 aliphatic heterocycles. The molecular formula is C11H13NO4. The van der Waals surface area contributed by atoms with Crippen molar-refractivity contribution >= 4 is 17.4 Å². The molecule has 0 radical (unpaired) electrons. The lowest BCUT2D eigenvalue weighted by atomic mass is 10.1. The molecule has 1 aromatic rings. The van der Waals surface area contributed by atoms with E-state index >= 15 is 0 Å². The molecule has 0 atom stereocenters. The zero-order valence-corrected chi connectivity index (χ0v) is 8.64. The van der Waals surface area contributed by atoms with E-state index in [-0.39, 0.29) is 12.2 Å². The van der Waals surface area contributed by atoms with Gasteiger partial charge in [0.15, 0.2) is 5.78 Å². The van der Waals surface area contributed by atoms with Gasteiger partial charge in [-0.05, 0) is 17.7 Å². The van der Waals surface area contributed by atoms with Crippen molar-refractivity contribution in [1.29, 1.82) is 0 Å². The number of amides is 1. The van der Waals surface area contributed by atoms with Gasteiger partial charge in [-0.2, -0.15) is 0 Å². The molecule has 0 saturated carbocycles. The second kappa shape index (κ2) is 5.99. The quantitative estimate of drug-likeness (QED) is 0.640. The summed E-state index contributed by atoms with van der Waals surface area (Å²) in [6.45, 7) is -1.03. The minimum atomic E-state index is -0.565. The number of anilines is 1. The third-order valence-electron chi connectivity index (χ3n) is 1.96. The number of hydrogen-bond donors (Lipinski definition) is 3. The van der Waals surface area contributed by atoms with Gasteiger partial charge < -0.3 is 15.5 Å². The van der Waals surface area contributed by atoms with Gasteiger partial charge in [-0.25, -0.2) is 0 Å². The molecule has 86 valence electrons. The van der Waals surface area contributed by atoms with E-state index in [0.717, 1.165) is 5.56 Å². The molecular weight excluding hydrogens is 210 g/mol. The lowest BCUT2D eigenvalue weighted by Crippen LogP contribution is -2.15. The van der Waals surface area contributed by atoms with Crippen LogP contribution in [0.4, 0.5) is 5.69 Å². The topological polar surface area (TPSA) is 86.6 Å². The highest BCUT2D eigenvalue weighted by Crippen LogP contribution is 2.10. The van der Waals surface area contributed by atoms with E-state index in [0.29, 0.717) is 5.69 Å². The highest BCUT2D eigenvalue weighted by Gasteiger charge is 2.03. The molecule has 3 N–H and O–H groups in total. The summed E-state index contributed by atoms with van der Waals surface area (Å²) in [5, 5.41) is 19.5. The number of ketones is 1. The lowest BCUT2D eigenvalue weighted by molar-refractivity contribution is -0.121. The minimum Gasteiger partial charge on any atom is -0.389 e. The number of Topliss-reactive ketones (excluding diaryl/α,β-unsaturated/α-hetero) is 1.